The first-order chi connectivity index (χ1) is 13.4. The van der Waals surface area contributed by atoms with Crippen LogP contribution in [-0.2, 0) is 0 Å². The number of anilines is 1. The Kier molecular flexibility index (Phi) is 4.79. The second-order valence-electron chi connectivity index (χ2n) is 7.98. The molecule has 6 nitrogen and oxygen atoms in total. The Labute approximate surface area is 165 Å². The summed E-state index contributed by atoms with van der Waals surface area (Å²) < 4.78 is 2.26. The molecule has 1 fully saturated rings. The van der Waals surface area contributed by atoms with Gasteiger partial charge in [-0.1, -0.05) is 17.7 Å². The summed E-state index contributed by atoms with van der Waals surface area (Å²) in [5.41, 5.74) is 5.18. The second-order valence-corrected chi connectivity index (χ2v) is 7.98. The smallest absolute Gasteiger partial charge is 0.321 e. The van der Waals surface area contributed by atoms with Crippen LogP contribution in [0.25, 0.3) is 11.0 Å². The van der Waals surface area contributed by atoms with Crippen molar-refractivity contribution in [3.8, 4) is 0 Å². The molecule has 1 saturated heterocycles. The van der Waals surface area contributed by atoms with Crippen LogP contribution < -0.4 is 5.32 Å². The first-order valence-electron chi connectivity index (χ1n) is 9.89. The number of rotatable bonds is 3. The molecule has 1 aliphatic rings. The van der Waals surface area contributed by atoms with Crippen molar-refractivity contribution in [3.63, 3.8) is 0 Å². The third kappa shape index (κ3) is 3.35. The van der Waals surface area contributed by atoms with Gasteiger partial charge in [-0.15, -0.1) is 0 Å². The van der Waals surface area contributed by atoms with Gasteiger partial charge in [-0.3, -0.25) is 4.98 Å². The van der Waals surface area contributed by atoms with Gasteiger partial charge in [-0.25, -0.2) is 9.78 Å². The highest BCUT2D eigenvalue weighted by Crippen LogP contribution is 2.32. The number of hydrogen-bond acceptors (Lipinski definition) is 3. The van der Waals surface area contributed by atoms with Crippen LogP contribution in [-0.4, -0.2) is 38.6 Å². The number of nitrogens with one attached hydrogen (secondary N) is 1. The van der Waals surface area contributed by atoms with Crippen LogP contribution in [0, 0.1) is 13.8 Å². The molecule has 1 N–H and O–H groups in total. The highest BCUT2D eigenvalue weighted by Gasteiger charge is 2.31. The summed E-state index contributed by atoms with van der Waals surface area (Å²) >= 11 is 0. The van der Waals surface area contributed by atoms with Crippen molar-refractivity contribution in [3.05, 3.63) is 53.6 Å². The lowest BCUT2D eigenvalue weighted by Crippen LogP contribution is -2.33. The second kappa shape index (κ2) is 7.26. The maximum absolute atomic E-state index is 12.8. The quantitative estimate of drug-likeness (QED) is 0.723. The molecule has 2 aromatic heterocycles. The van der Waals surface area contributed by atoms with Gasteiger partial charge in [0.2, 0.25) is 0 Å². The molecule has 3 heterocycles. The Morgan fingerprint density at radius 3 is 2.82 bits per heavy atom. The maximum atomic E-state index is 12.8. The fourth-order valence-corrected chi connectivity index (χ4v) is 4.09. The Bertz CT molecular complexity index is 1020. The van der Waals surface area contributed by atoms with E-state index in [1.54, 1.807) is 6.20 Å². The van der Waals surface area contributed by atoms with Gasteiger partial charge in [0.1, 0.15) is 5.82 Å². The zero-order valence-corrected chi connectivity index (χ0v) is 16.9. The largest absolute Gasteiger partial charge is 0.324 e. The standard InChI is InChI=1S/C22H27N5O/c1-14(2)27-20-12-23-9-7-19(20)24-21(27)17-8-10-26(13-17)22(28)25-18-6-5-15(3)11-16(18)4/h5-7,9,11-12,14,17H,8,10,13H2,1-4H3,(H,25,28). The van der Waals surface area contributed by atoms with E-state index in [9.17, 15) is 4.79 Å². The summed E-state index contributed by atoms with van der Waals surface area (Å²) in [6.45, 7) is 9.82. The number of imidazole rings is 1. The van der Waals surface area contributed by atoms with Crippen molar-refractivity contribution in [1.82, 2.24) is 19.4 Å². The lowest BCUT2D eigenvalue weighted by atomic mass is 10.1. The van der Waals surface area contributed by atoms with Gasteiger partial charge < -0.3 is 14.8 Å². The van der Waals surface area contributed by atoms with Crippen molar-refractivity contribution < 1.29 is 4.79 Å². The topological polar surface area (TPSA) is 63.1 Å². The molecule has 0 radical (unpaired) electrons. The number of carbonyl (C=O) groups is 1. The summed E-state index contributed by atoms with van der Waals surface area (Å²) in [5, 5.41) is 3.07. The predicted molar refractivity (Wildman–Crippen MR) is 112 cm³/mol. The molecule has 1 aromatic carbocycles. The van der Waals surface area contributed by atoms with Crippen LogP contribution in [0.15, 0.2) is 36.7 Å². The van der Waals surface area contributed by atoms with Gasteiger partial charge in [-0.05, 0) is 51.8 Å². The Balaban J connectivity index is 1.53. The van der Waals surface area contributed by atoms with E-state index in [0.717, 1.165) is 41.1 Å². The van der Waals surface area contributed by atoms with E-state index in [0.29, 0.717) is 12.6 Å². The molecular formula is C22H27N5O. The molecule has 0 bridgehead atoms. The summed E-state index contributed by atoms with van der Waals surface area (Å²) in [6.07, 6.45) is 4.58. The minimum absolute atomic E-state index is 0.0386. The van der Waals surface area contributed by atoms with E-state index in [2.05, 4.69) is 41.7 Å². The summed E-state index contributed by atoms with van der Waals surface area (Å²) in [6, 6.07) is 8.29. The molecule has 0 saturated carbocycles. The third-order valence-corrected chi connectivity index (χ3v) is 5.50. The Morgan fingerprint density at radius 1 is 1.25 bits per heavy atom. The summed E-state index contributed by atoms with van der Waals surface area (Å²) in [7, 11) is 0. The number of urea groups is 1. The van der Waals surface area contributed by atoms with Gasteiger partial charge in [-0.2, -0.15) is 0 Å². The maximum Gasteiger partial charge on any atom is 0.321 e. The molecule has 0 spiro atoms. The molecule has 1 aliphatic heterocycles. The number of carbonyl (C=O) groups excluding carboxylic acids is 1. The normalized spacial score (nSPS) is 16.9. The molecule has 1 atom stereocenters. The van der Waals surface area contributed by atoms with E-state index in [-0.39, 0.29) is 11.9 Å². The van der Waals surface area contributed by atoms with Crippen LogP contribution in [0.1, 0.15) is 49.2 Å². The number of aromatic nitrogens is 3. The average Bonchev–Trinajstić information content (AvgIpc) is 3.28. The van der Waals surface area contributed by atoms with Gasteiger partial charge in [0.05, 0.1) is 17.2 Å². The van der Waals surface area contributed by atoms with Gasteiger partial charge in [0.15, 0.2) is 0 Å². The molecular weight excluding hydrogens is 350 g/mol. The van der Waals surface area contributed by atoms with Crippen molar-refractivity contribution in [2.24, 2.45) is 0 Å². The number of hydrogen-bond donors (Lipinski definition) is 1. The number of pyridine rings is 1. The van der Waals surface area contributed by atoms with E-state index >= 15 is 0 Å². The van der Waals surface area contributed by atoms with E-state index in [1.807, 2.05) is 36.2 Å². The minimum atomic E-state index is -0.0386. The van der Waals surface area contributed by atoms with E-state index in [1.165, 1.54) is 5.56 Å². The Hall–Kier alpha value is -2.89. The van der Waals surface area contributed by atoms with Gasteiger partial charge in [0, 0.05) is 36.9 Å². The Morgan fingerprint density at radius 2 is 2.07 bits per heavy atom. The first-order valence-corrected chi connectivity index (χ1v) is 9.89. The SMILES string of the molecule is Cc1ccc(NC(=O)N2CCC(c3nc4ccncc4n3C(C)C)C2)c(C)c1. The molecule has 3 aromatic rings. The predicted octanol–water partition coefficient (Wildman–Crippen LogP) is 4.65. The summed E-state index contributed by atoms with van der Waals surface area (Å²) in [5.74, 6) is 1.29. The number of fused-ring (bicyclic) bond motifs is 1. The van der Waals surface area contributed by atoms with Crippen molar-refractivity contribution >= 4 is 22.8 Å². The number of likely N-dealkylation sites (tertiary alicyclic amines) is 1. The van der Waals surface area contributed by atoms with Gasteiger partial charge in [0.25, 0.3) is 0 Å². The average molecular weight is 377 g/mol. The van der Waals surface area contributed by atoms with Crippen LogP contribution in [0.2, 0.25) is 0 Å². The molecule has 0 aliphatic carbocycles. The van der Waals surface area contributed by atoms with Crippen molar-refractivity contribution in [2.45, 2.75) is 46.1 Å². The zero-order valence-electron chi connectivity index (χ0n) is 16.9. The van der Waals surface area contributed by atoms with Crippen molar-refractivity contribution in [2.75, 3.05) is 18.4 Å². The molecule has 2 amide bonds. The number of amides is 2. The zero-order chi connectivity index (χ0) is 19.8. The summed E-state index contributed by atoms with van der Waals surface area (Å²) in [4.78, 5) is 23.8. The molecule has 1 unspecified atom stereocenters. The van der Waals surface area contributed by atoms with Crippen LogP contribution in [0.5, 0.6) is 0 Å². The van der Waals surface area contributed by atoms with Crippen LogP contribution >= 0.6 is 0 Å². The highest BCUT2D eigenvalue weighted by molar-refractivity contribution is 5.90. The first kappa shape index (κ1) is 18.5. The lowest BCUT2D eigenvalue weighted by Gasteiger charge is -2.20. The van der Waals surface area contributed by atoms with E-state index < -0.39 is 0 Å². The highest BCUT2D eigenvalue weighted by atomic mass is 16.2. The molecule has 6 heteroatoms. The molecule has 146 valence electrons. The lowest BCUT2D eigenvalue weighted by molar-refractivity contribution is 0.222. The fraction of sp³-hybridized carbons (Fsp3) is 0.409. The van der Waals surface area contributed by atoms with Crippen molar-refractivity contribution in [1.29, 1.82) is 0 Å². The molecule has 4 rings (SSSR count). The van der Waals surface area contributed by atoms with Crippen LogP contribution in [0.4, 0.5) is 10.5 Å². The van der Waals surface area contributed by atoms with Crippen LogP contribution in [0.3, 0.4) is 0 Å². The fourth-order valence-electron chi connectivity index (χ4n) is 4.09. The minimum Gasteiger partial charge on any atom is -0.324 e. The number of aryl methyl sites for hydroxylation is 2. The number of nitrogens with zero attached hydrogens (tertiary/aromatic N) is 4. The van der Waals surface area contributed by atoms with Gasteiger partial charge >= 0.3 is 6.03 Å². The number of benzene rings is 1. The van der Waals surface area contributed by atoms with E-state index in [4.69, 9.17) is 4.98 Å². The molecule has 28 heavy (non-hydrogen) atoms. The third-order valence-electron chi connectivity index (χ3n) is 5.50. The monoisotopic (exact) mass is 377 g/mol.